The van der Waals surface area contributed by atoms with Crippen LogP contribution in [0.3, 0.4) is 0 Å². The lowest BCUT2D eigenvalue weighted by Gasteiger charge is -2.50. The highest BCUT2D eigenvalue weighted by atomic mass is 35.5. The minimum Gasteiger partial charge on any atom is -0.508 e. The lowest BCUT2D eigenvalue weighted by molar-refractivity contribution is -0.141. The predicted octanol–water partition coefficient (Wildman–Crippen LogP) is 6.76. The third-order valence-corrected chi connectivity index (χ3v) is 11.3. The second kappa shape index (κ2) is 12.1. The van der Waals surface area contributed by atoms with Crippen LogP contribution in [-0.2, 0) is 24.6 Å². The number of phenols is 1. The van der Waals surface area contributed by atoms with Gasteiger partial charge in [0.05, 0.1) is 41.0 Å². The molecule has 7 rings (SSSR count). The summed E-state index contributed by atoms with van der Waals surface area (Å²) in [5.74, 6) is -4.59. The molecule has 2 N–H and O–H groups in total. The number of hydrazine groups is 1. The molecule has 3 aromatic carbocycles. The fourth-order valence-electron chi connectivity index (χ4n) is 8.45. The van der Waals surface area contributed by atoms with E-state index >= 15 is 4.79 Å². The van der Waals surface area contributed by atoms with Crippen LogP contribution in [0.2, 0.25) is 15.1 Å². The summed E-state index contributed by atoms with van der Waals surface area (Å²) in [6, 6.07) is 16.3. The molecule has 1 saturated carbocycles. The zero-order valence-corrected chi connectivity index (χ0v) is 28.4. The topological polar surface area (TPSA) is 116 Å². The average molecular weight is 709 g/mol. The second-order valence-corrected chi connectivity index (χ2v) is 14.0. The van der Waals surface area contributed by atoms with Gasteiger partial charge in [-0.15, -0.1) is 0 Å². The maximum Gasteiger partial charge on any atom is 0.260 e. The quantitative estimate of drug-likeness (QED) is 0.206. The van der Waals surface area contributed by atoms with Crippen molar-refractivity contribution in [2.24, 2.45) is 23.7 Å². The van der Waals surface area contributed by atoms with Gasteiger partial charge in [0.2, 0.25) is 11.8 Å². The van der Waals surface area contributed by atoms with Crippen LogP contribution in [0.15, 0.2) is 72.3 Å². The Hall–Kier alpha value is -4.05. The van der Waals surface area contributed by atoms with Crippen molar-refractivity contribution in [3.05, 3.63) is 98.5 Å². The number of anilines is 1. The smallest absolute Gasteiger partial charge is 0.260 e. The number of likely N-dealkylation sites (tertiary alicyclic amines) is 1. The van der Waals surface area contributed by atoms with E-state index in [1.165, 1.54) is 30.2 Å². The number of imide groups is 2. The molecule has 48 heavy (non-hydrogen) atoms. The van der Waals surface area contributed by atoms with Crippen LogP contribution in [0, 0.1) is 23.7 Å². The van der Waals surface area contributed by atoms with E-state index in [-0.39, 0.29) is 34.0 Å². The number of nitrogens with zero attached hydrogens (tertiary/aromatic N) is 2. The SMILES string of the molecule is CCCN1C(=O)[C@H]2[C@H](CC=C3[C@H]2C[C@H]2C(=O)N(Nc4ccc(Cl)cc4Cl)C(=O)[C@@]2(c2ccc(OC)cc2)[C@H]3c2ccc(O)cc2Cl)C1=O. The molecular weight excluding hydrogens is 677 g/mol. The van der Waals surface area contributed by atoms with Crippen LogP contribution < -0.4 is 10.2 Å². The highest BCUT2D eigenvalue weighted by Crippen LogP contribution is 2.65. The summed E-state index contributed by atoms with van der Waals surface area (Å²) in [6.07, 6.45) is 3.03. The average Bonchev–Trinajstić information content (AvgIpc) is 3.43. The first-order chi connectivity index (χ1) is 23.0. The number of hydrogen-bond donors (Lipinski definition) is 2. The van der Waals surface area contributed by atoms with Gasteiger partial charge in [0.25, 0.3) is 11.8 Å². The van der Waals surface area contributed by atoms with E-state index in [1.807, 2.05) is 13.0 Å². The summed E-state index contributed by atoms with van der Waals surface area (Å²) in [5, 5.41) is 12.1. The Kier molecular flexibility index (Phi) is 8.21. The van der Waals surface area contributed by atoms with Crippen molar-refractivity contribution in [3.63, 3.8) is 0 Å². The Balaban J connectivity index is 1.47. The molecule has 2 saturated heterocycles. The van der Waals surface area contributed by atoms with Gasteiger partial charge in [-0.05, 0) is 78.8 Å². The molecule has 12 heteroatoms. The molecule has 2 aliphatic heterocycles. The molecule has 0 bridgehead atoms. The molecule has 0 spiro atoms. The number of amides is 4. The van der Waals surface area contributed by atoms with Gasteiger partial charge in [-0.1, -0.05) is 71.6 Å². The minimum atomic E-state index is -1.54. The van der Waals surface area contributed by atoms with Crippen LogP contribution >= 0.6 is 34.8 Å². The lowest BCUT2D eigenvalue weighted by Crippen LogP contribution is -2.53. The third-order valence-electron chi connectivity index (χ3n) is 10.4. The zero-order valence-electron chi connectivity index (χ0n) is 26.1. The summed E-state index contributed by atoms with van der Waals surface area (Å²) < 4.78 is 5.43. The lowest BCUT2D eigenvalue weighted by atomic mass is 9.49. The van der Waals surface area contributed by atoms with E-state index < -0.39 is 46.8 Å². The first kappa shape index (κ1) is 32.5. The fourth-order valence-corrected chi connectivity index (χ4v) is 9.18. The van der Waals surface area contributed by atoms with Gasteiger partial charge in [-0.25, -0.2) is 0 Å². The molecule has 0 aromatic heterocycles. The number of carbonyl (C=O) groups is 4. The van der Waals surface area contributed by atoms with Crippen molar-refractivity contribution >= 4 is 64.1 Å². The molecule has 9 nitrogen and oxygen atoms in total. The van der Waals surface area contributed by atoms with Crippen molar-refractivity contribution < 1.29 is 29.0 Å². The Labute approximate surface area is 292 Å². The van der Waals surface area contributed by atoms with E-state index in [2.05, 4.69) is 5.43 Å². The summed E-state index contributed by atoms with van der Waals surface area (Å²) in [5.41, 5.74) is 3.56. The van der Waals surface area contributed by atoms with E-state index in [0.717, 1.165) is 10.6 Å². The Morgan fingerprint density at radius 2 is 1.67 bits per heavy atom. The Bertz CT molecular complexity index is 1900. The normalized spacial score (nSPS) is 27.9. The van der Waals surface area contributed by atoms with Crippen LogP contribution in [0.5, 0.6) is 11.5 Å². The number of aromatic hydroxyl groups is 1. The van der Waals surface area contributed by atoms with Crippen LogP contribution in [-0.4, -0.2) is 52.3 Å². The van der Waals surface area contributed by atoms with Crippen LogP contribution in [0.4, 0.5) is 5.69 Å². The summed E-state index contributed by atoms with van der Waals surface area (Å²) in [7, 11) is 1.54. The number of carbonyl (C=O) groups excluding carboxylic acids is 4. The van der Waals surface area contributed by atoms with Gasteiger partial charge in [0.15, 0.2) is 0 Å². The van der Waals surface area contributed by atoms with Gasteiger partial charge in [-0.2, -0.15) is 5.01 Å². The summed E-state index contributed by atoms with van der Waals surface area (Å²) in [4.78, 5) is 58.8. The number of halogens is 3. The van der Waals surface area contributed by atoms with Gasteiger partial charge in [0.1, 0.15) is 11.5 Å². The van der Waals surface area contributed by atoms with Gasteiger partial charge in [0, 0.05) is 22.5 Å². The second-order valence-electron chi connectivity index (χ2n) is 12.7. The molecule has 248 valence electrons. The number of methoxy groups -OCH3 is 1. The van der Waals surface area contributed by atoms with Crippen LogP contribution in [0.25, 0.3) is 0 Å². The first-order valence-corrected chi connectivity index (χ1v) is 16.9. The van der Waals surface area contributed by atoms with Crippen molar-refractivity contribution in [2.45, 2.75) is 37.5 Å². The van der Waals surface area contributed by atoms with Gasteiger partial charge in [-0.3, -0.25) is 29.5 Å². The Morgan fingerprint density at radius 1 is 0.917 bits per heavy atom. The van der Waals surface area contributed by atoms with Crippen molar-refractivity contribution in [1.82, 2.24) is 9.91 Å². The number of nitrogens with one attached hydrogen (secondary N) is 1. The summed E-state index contributed by atoms with van der Waals surface area (Å²) >= 11 is 19.5. The van der Waals surface area contributed by atoms with Crippen molar-refractivity contribution in [1.29, 1.82) is 0 Å². The van der Waals surface area contributed by atoms with E-state index in [0.29, 0.717) is 47.0 Å². The summed E-state index contributed by atoms with van der Waals surface area (Å²) in [6.45, 7) is 2.23. The molecule has 6 atom stereocenters. The number of ether oxygens (including phenoxy) is 1. The largest absolute Gasteiger partial charge is 0.508 e. The highest BCUT2D eigenvalue weighted by molar-refractivity contribution is 6.36. The Morgan fingerprint density at radius 3 is 2.33 bits per heavy atom. The standard InChI is InChI=1S/C36H32Cl3N3O6/c1-3-14-41-32(44)24-12-11-22-25(30(24)34(41)46)17-26-33(45)42(40-29-13-6-19(37)15-28(29)39)35(47)36(26,18-4-8-21(48-2)9-5-18)31(22)23-10-7-20(43)16-27(23)38/h4-11,13,15-16,24-26,30-31,40,43H,3,12,14,17H2,1-2H3/t24-,25+,26-,30-,31+,36+/m0/s1. The first-order valence-electron chi connectivity index (χ1n) is 15.8. The minimum absolute atomic E-state index is 0.0647. The number of benzene rings is 3. The molecule has 2 heterocycles. The van der Waals surface area contributed by atoms with E-state index in [9.17, 15) is 19.5 Å². The number of allylic oxidation sites excluding steroid dienone is 2. The van der Waals surface area contributed by atoms with Gasteiger partial charge < -0.3 is 9.84 Å². The van der Waals surface area contributed by atoms with Gasteiger partial charge >= 0.3 is 0 Å². The molecule has 0 radical (unpaired) electrons. The van der Waals surface area contributed by atoms with Crippen molar-refractivity contribution in [2.75, 3.05) is 19.1 Å². The maximum absolute atomic E-state index is 15.2. The zero-order chi connectivity index (χ0) is 34.1. The molecular formula is C36H32Cl3N3O6. The molecule has 4 aliphatic rings. The molecule has 0 unspecified atom stereocenters. The molecule has 3 fully saturated rings. The number of hydrogen-bond acceptors (Lipinski definition) is 7. The molecule has 3 aromatic rings. The monoisotopic (exact) mass is 707 g/mol. The van der Waals surface area contributed by atoms with Crippen molar-refractivity contribution in [3.8, 4) is 11.5 Å². The fraction of sp³-hybridized carbons (Fsp3) is 0.333. The van der Waals surface area contributed by atoms with E-state index in [1.54, 1.807) is 42.5 Å². The van der Waals surface area contributed by atoms with Crippen LogP contribution in [0.1, 0.15) is 43.2 Å². The molecule has 4 amide bonds. The number of fused-ring (bicyclic) bond motifs is 4. The molecule has 2 aliphatic carbocycles. The highest BCUT2D eigenvalue weighted by Gasteiger charge is 2.70. The number of rotatable bonds is 7. The van der Waals surface area contributed by atoms with E-state index in [4.69, 9.17) is 39.5 Å². The maximum atomic E-state index is 15.2. The third kappa shape index (κ3) is 4.73. The predicted molar refractivity (Wildman–Crippen MR) is 181 cm³/mol. The number of phenolic OH excluding ortho intramolecular Hbond substituents is 1.